The number of carbonyl (C=O) groups is 3. The summed E-state index contributed by atoms with van der Waals surface area (Å²) in [4.78, 5) is 36.2. The summed E-state index contributed by atoms with van der Waals surface area (Å²) >= 11 is 0. The van der Waals surface area contributed by atoms with Gasteiger partial charge in [0.1, 0.15) is 6.04 Å². The third-order valence-electron chi connectivity index (χ3n) is 6.98. The predicted molar refractivity (Wildman–Crippen MR) is 199 cm³/mol. The van der Waals surface area contributed by atoms with Gasteiger partial charge in [-0.2, -0.15) is 0 Å². The van der Waals surface area contributed by atoms with Crippen LogP contribution in [0.15, 0.2) is 0 Å². The van der Waals surface area contributed by atoms with Gasteiger partial charge in [0, 0.05) is 33.0 Å². The van der Waals surface area contributed by atoms with Crippen LogP contribution in [0.2, 0.25) is 0 Å². The van der Waals surface area contributed by atoms with Gasteiger partial charge in [-0.25, -0.2) is 0 Å². The van der Waals surface area contributed by atoms with Crippen LogP contribution in [0, 0.1) is 0 Å². The molecule has 0 aliphatic carbocycles. The van der Waals surface area contributed by atoms with E-state index in [4.69, 9.17) is 63.6 Å². The van der Waals surface area contributed by atoms with E-state index in [9.17, 15) is 14.4 Å². The highest BCUT2D eigenvalue weighted by Gasteiger charge is 2.20. The predicted octanol–water partition coefficient (Wildman–Crippen LogP) is -1.62. The van der Waals surface area contributed by atoms with Crippen molar-refractivity contribution in [2.24, 2.45) is 11.5 Å². The lowest BCUT2D eigenvalue weighted by atomic mass is 10.1. The minimum absolute atomic E-state index is 0.0467. The quantitative estimate of drug-likeness (QED) is 0.0437. The molecular weight excluding hydrogens is 714 g/mol. The number of unbranched alkanes of at least 4 members (excludes halogenated alkanes) is 1. The zero-order chi connectivity index (χ0) is 39.4. The number of nitrogens with one attached hydrogen (secondary N) is 3. The van der Waals surface area contributed by atoms with Crippen molar-refractivity contribution >= 4 is 17.7 Å². The summed E-state index contributed by atoms with van der Waals surface area (Å²) in [7, 11) is 1.59. The molecule has 0 aromatic heterocycles. The Kier molecular flexibility index (Phi) is 41.9. The van der Waals surface area contributed by atoms with E-state index in [1.807, 2.05) is 0 Å². The molecule has 1 unspecified atom stereocenters. The summed E-state index contributed by atoms with van der Waals surface area (Å²) in [6.07, 6.45) is 2.45. The molecule has 0 saturated carbocycles. The first-order valence-corrected chi connectivity index (χ1v) is 19.1. The molecule has 0 aromatic rings. The normalized spacial score (nSPS) is 11.8. The van der Waals surface area contributed by atoms with E-state index in [1.165, 1.54) is 0 Å². The minimum atomic E-state index is -0.655. The molecule has 0 aromatic carbocycles. The molecule has 320 valence electrons. The summed E-state index contributed by atoms with van der Waals surface area (Å²) in [5.41, 5.74) is 10.9. The fraction of sp³-hybridized carbons (Fsp3) is 0.914. The van der Waals surface area contributed by atoms with Gasteiger partial charge in [-0.05, 0) is 25.8 Å². The largest absolute Gasteiger partial charge is 0.379 e. The average molecular weight is 786 g/mol. The maximum absolute atomic E-state index is 12.7. The number of hydrogen-bond donors (Lipinski definition) is 5. The Bertz CT molecular complexity index is 837. The third kappa shape index (κ3) is 39.6. The first-order valence-electron chi connectivity index (χ1n) is 19.1. The zero-order valence-corrected chi connectivity index (χ0v) is 32.7. The van der Waals surface area contributed by atoms with Crippen molar-refractivity contribution in [1.82, 2.24) is 16.0 Å². The highest BCUT2D eigenvalue weighted by Crippen LogP contribution is 2.02. The van der Waals surface area contributed by atoms with Gasteiger partial charge in [0.05, 0.1) is 145 Å². The van der Waals surface area contributed by atoms with E-state index in [0.29, 0.717) is 171 Å². The van der Waals surface area contributed by atoms with E-state index < -0.39 is 6.04 Å². The fourth-order valence-electron chi connectivity index (χ4n) is 4.12. The number of amides is 3. The highest BCUT2D eigenvalue weighted by molar-refractivity contribution is 5.87. The number of ether oxygens (including phenoxy) is 11. The van der Waals surface area contributed by atoms with Crippen LogP contribution in [0.1, 0.15) is 32.1 Å². The van der Waals surface area contributed by atoms with Crippen molar-refractivity contribution in [1.29, 1.82) is 0 Å². The zero-order valence-electron chi connectivity index (χ0n) is 32.7. The van der Waals surface area contributed by atoms with E-state index in [0.717, 1.165) is 12.8 Å². The molecule has 7 N–H and O–H groups in total. The first-order chi connectivity index (χ1) is 26.5. The standard InChI is InChI=1S/C35H71N5O14/c1-38-33(41)5-10-44-14-18-49-22-24-51-26-28-53-30-31-54-29-27-52-25-23-50-21-17-47-13-9-39-35(43)32(4-2-3-7-36)40-34(42)6-11-45-15-19-48-20-16-46-12-8-37/h32H,2-31,36-37H2,1H3,(H,38,41)(H,39,43)(H,40,42). The topological polar surface area (TPSA) is 241 Å². The molecule has 0 saturated heterocycles. The summed E-state index contributed by atoms with van der Waals surface area (Å²) in [6.45, 7) is 10.6. The van der Waals surface area contributed by atoms with Gasteiger partial charge < -0.3 is 79.5 Å². The van der Waals surface area contributed by atoms with Gasteiger partial charge in [0.15, 0.2) is 0 Å². The molecular formula is C35H71N5O14. The molecule has 0 rings (SSSR count). The van der Waals surface area contributed by atoms with E-state index in [1.54, 1.807) is 7.05 Å². The lowest BCUT2D eigenvalue weighted by molar-refractivity contribution is -0.130. The van der Waals surface area contributed by atoms with Gasteiger partial charge in [-0.3, -0.25) is 14.4 Å². The number of carbonyl (C=O) groups excluding carboxylic acids is 3. The van der Waals surface area contributed by atoms with Crippen molar-refractivity contribution in [3.63, 3.8) is 0 Å². The average Bonchev–Trinajstić information content (AvgIpc) is 3.17. The second-order valence-corrected chi connectivity index (χ2v) is 11.4. The van der Waals surface area contributed by atoms with Crippen LogP contribution in [-0.2, 0) is 66.5 Å². The van der Waals surface area contributed by atoms with Gasteiger partial charge in [0.2, 0.25) is 17.7 Å². The minimum Gasteiger partial charge on any atom is -0.379 e. The van der Waals surface area contributed by atoms with E-state index >= 15 is 0 Å². The van der Waals surface area contributed by atoms with Gasteiger partial charge in [0.25, 0.3) is 0 Å². The van der Waals surface area contributed by atoms with E-state index in [2.05, 4.69) is 16.0 Å². The van der Waals surface area contributed by atoms with Gasteiger partial charge in [-0.1, -0.05) is 0 Å². The summed E-state index contributed by atoms with van der Waals surface area (Å²) in [5.74, 6) is -0.573. The van der Waals surface area contributed by atoms with Gasteiger partial charge in [-0.15, -0.1) is 0 Å². The Balaban J connectivity index is 3.58. The molecule has 19 nitrogen and oxygen atoms in total. The Morgan fingerprint density at radius 2 is 0.796 bits per heavy atom. The van der Waals surface area contributed by atoms with Crippen molar-refractivity contribution in [3.05, 3.63) is 0 Å². The van der Waals surface area contributed by atoms with Crippen LogP contribution < -0.4 is 27.4 Å². The first kappa shape index (κ1) is 51.9. The van der Waals surface area contributed by atoms with Crippen molar-refractivity contribution < 1.29 is 66.5 Å². The molecule has 0 bridgehead atoms. The molecule has 3 amide bonds. The van der Waals surface area contributed by atoms with Crippen molar-refractivity contribution in [3.8, 4) is 0 Å². The molecule has 0 aliphatic heterocycles. The fourth-order valence-corrected chi connectivity index (χ4v) is 4.12. The summed E-state index contributed by atoms with van der Waals surface area (Å²) in [5, 5.41) is 8.15. The maximum atomic E-state index is 12.7. The van der Waals surface area contributed by atoms with Gasteiger partial charge >= 0.3 is 0 Å². The molecule has 0 heterocycles. The Morgan fingerprint density at radius 3 is 1.17 bits per heavy atom. The maximum Gasteiger partial charge on any atom is 0.242 e. The molecule has 19 heteroatoms. The smallest absolute Gasteiger partial charge is 0.242 e. The lowest BCUT2D eigenvalue weighted by Crippen LogP contribution is -2.47. The molecule has 54 heavy (non-hydrogen) atoms. The van der Waals surface area contributed by atoms with Crippen LogP contribution in [0.3, 0.4) is 0 Å². The summed E-state index contributed by atoms with van der Waals surface area (Å²) in [6, 6.07) is -0.655. The Hall–Kier alpha value is -2.11. The number of rotatable bonds is 44. The highest BCUT2D eigenvalue weighted by atomic mass is 16.6. The monoisotopic (exact) mass is 785 g/mol. The second kappa shape index (κ2) is 43.6. The van der Waals surface area contributed by atoms with Crippen molar-refractivity contribution in [2.45, 2.75) is 38.1 Å². The third-order valence-corrected chi connectivity index (χ3v) is 6.98. The lowest BCUT2D eigenvalue weighted by Gasteiger charge is -2.18. The van der Waals surface area contributed by atoms with Crippen molar-refractivity contribution in [2.75, 3.05) is 172 Å². The van der Waals surface area contributed by atoms with Crippen LogP contribution >= 0.6 is 0 Å². The van der Waals surface area contributed by atoms with E-state index in [-0.39, 0.29) is 30.7 Å². The molecule has 0 radical (unpaired) electrons. The molecule has 0 aliphatic rings. The summed E-state index contributed by atoms with van der Waals surface area (Å²) < 4.78 is 59.6. The molecule has 0 fully saturated rings. The SMILES string of the molecule is CNC(=O)CCOCCOCCOCCOCCOCCOCCOCCOCCNC(=O)C(CCCCN)NC(=O)CCOCCOCCOCCN. The van der Waals surface area contributed by atoms with Crippen LogP contribution in [-0.4, -0.2) is 196 Å². The molecule has 1 atom stereocenters. The number of hydrogen-bond acceptors (Lipinski definition) is 16. The Labute approximate surface area is 321 Å². The Morgan fingerprint density at radius 1 is 0.444 bits per heavy atom. The number of nitrogens with two attached hydrogens (primary N) is 2. The van der Waals surface area contributed by atoms with Crippen LogP contribution in [0.4, 0.5) is 0 Å². The van der Waals surface area contributed by atoms with Crippen LogP contribution in [0.25, 0.3) is 0 Å². The molecule has 0 spiro atoms. The second-order valence-electron chi connectivity index (χ2n) is 11.4. The van der Waals surface area contributed by atoms with Crippen LogP contribution in [0.5, 0.6) is 0 Å².